The fraction of sp³-hybridized carbons (Fsp3) is 0.467. The zero-order valence-electron chi connectivity index (χ0n) is 12.1. The van der Waals surface area contributed by atoms with Gasteiger partial charge in [0.15, 0.2) is 0 Å². The molecule has 0 fully saturated rings. The van der Waals surface area contributed by atoms with Crippen LogP contribution in [-0.4, -0.2) is 23.3 Å². The Hall–Kier alpha value is -0.780. The molecule has 0 saturated heterocycles. The second kappa shape index (κ2) is 7.29. The van der Waals surface area contributed by atoms with Crippen molar-refractivity contribution in [1.82, 2.24) is 15.5 Å². The lowest BCUT2D eigenvalue weighted by atomic mass is 10.1. The standard InChI is InChI=1S/C15H20BrN3S/c1-10(2)9-17-7-6-14-18-19-15(20-14)13-5-4-12(16)8-11(13)3/h4-5,8,10,17H,6-7,9H2,1-3H3. The third-order valence-electron chi connectivity index (χ3n) is 2.95. The van der Waals surface area contributed by atoms with Gasteiger partial charge in [0.25, 0.3) is 0 Å². The zero-order chi connectivity index (χ0) is 14.5. The maximum atomic E-state index is 4.32. The van der Waals surface area contributed by atoms with E-state index < -0.39 is 0 Å². The van der Waals surface area contributed by atoms with E-state index in [0.29, 0.717) is 5.92 Å². The van der Waals surface area contributed by atoms with Crippen molar-refractivity contribution in [2.24, 2.45) is 5.92 Å². The second-order valence-electron chi connectivity index (χ2n) is 5.31. The summed E-state index contributed by atoms with van der Waals surface area (Å²) in [5.41, 5.74) is 2.40. The van der Waals surface area contributed by atoms with Gasteiger partial charge in [-0.25, -0.2) is 0 Å². The van der Waals surface area contributed by atoms with Crippen LogP contribution in [0.3, 0.4) is 0 Å². The van der Waals surface area contributed by atoms with Crippen molar-refractivity contribution < 1.29 is 0 Å². The Kier molecular flexibility index (Phi) is 5.69. The van der Waals surface area contributed by atoms with Gasteiger partial charge >= 0.3 is 0 Å². The number of halogens is 1. The molecule has 20 heavy (non-hydrogen) atoms. The number of benzene rings is 1. The van der Waals surface area contributed by atoms with E-state index in [1.165, 1.54) is 11.1 Å². The fourth-order valence-corrected chi connectivity index (χ4v) is 3.32. The average Bonchev–Trinajstić information content (AvgIpc) is 2.83. The lowest BCUT2D eigenvalue weighted by Crippen LogP contribution is -2.22. The molecule has 1 heterocycles. The summed E-state index contributed by atoms with van der Waals surface area (Å²) in [4.78, 5) is 0. The first-order valence-electron chi connectivity index (χ1n) is 6.86. The summed E-state index contributed by atoms with van der Waals surface area (Å²) in [7, 11) is 0. The molecule has 0 spiro atoms. The van der Waals surface area contributed by atoms with E-state index in [1.54, 1.807) is 11.3 Å². The van der Waals surface area contributed by atoms with Gasteiger partial charge in [0.05, 0.1) is 0 Å². The maximum Gasteiger partial charge on any atom is 0.148 e. The third-order valence-corrected chi connectivity index (χ3v) is 4.46. The normalized spacial score (nSPS) is 11.2. The molecule has 0 amide bonds. The molecular weight excluding hydrogens is 334 g/mol. The van der Waals surface area contributed by atoms with Gasteiger partial charge in [0.1, 0.15) is 10.0 Å². The Bertz CT molecular complexity index is 566. The molecule has 1 N–H and O–H groups in total. The number of nitrogens with one attached hydrogen (secondary N) is 1. The zero-order valence-corrected chi connectivity index (χ0v) is 14.5. The summed E-state index contributed by atoms with van der Waals surface area (Å²) in [5, 5.41) is 14.1. The minimum absolute atomic E-state index is 0.686. The molecule has 0 bridgehead atoms. The number of aryl methyl sites for hydroxylation is 1. The van der Waals surface area contributed by atoms with Crippen LogP contribution in [0.2, 0.25) is 0 Å². The Morgan fingerprint density at radius 2 is 2.10 bits per heavy atom. The van der Waals surface area contributed by atoms with Gasteiger partial charge in [-0.2, -0.15) is 0 Å². The molecule has 5 heteroatoms. The Morgan fingerprint density at radius 1 is 1.30 bits per heavy atom. The molecular formula is C15H20BrN3S. The largest absolute Gasteiger partial charge is 0.316 e. The molecule has 0 aliphatic heterocycles. The van der Waals surface area contributed by atoms with Crippen LogP contribution in [0.4, 0.5) is 0 Å². The summed E-state index contributed by atoms with van der Waals surface area (Å²) in [6.07, 6.45) is 0.944. The van der Waals surface area contributed by atoms with E-state index >= 15 is 0 Å². The summed E-state index contributed by atoms with van der Waals surface area (Å²) < 4.78 is 1.10. The van der Waals surface area contributed by atoms with Crippen molar-refractivity contribution in [3.63, 3.8) is 0 Å². The highest BCUT2D eigenvalue weighted by molar-refractivity contribution is 9.10. The van der Waals surface area contributed by atoms with Crippen molar-refractivity contribution in [2.75, 3.05) is 13.1 Å². The summed E-state index contributed by atoms with van der Waals surface area (Å²) >= 11 is 5.17. The van der Waals surface area contributed by atoms with Crippen LogP contribution in [0.15, 0.2) is 22.7 Å². The van der Waals surface area contributed by atoms with Gasteiger partial charge in [-0.05, 0) is 37.1 Å². The highest BCUT2D eigenvalue weighted by Gasteiger charge is 2.09. The van der Waals surface area contributed by atoms with Crippen molar-refractivity contribution in [1.29, 1.82) is 0 Å². The highest BCUT2D eigenvalue weighted by atomic mass is 79.9. The minimum atomic E-state index is 0.686. The monoisotopic (exact) mass is 353 g/mol. The summed E-state index contributed by atoms with van der Waals surface area (Å²) in [5.74, 6) is 0.686. The quantitative estimate of drug-likeness (QED) is 0.795. The Morgan fingerprint density at radius 3 is 2.80 bits per heavy atom. The van der Waals surface area contributed by atoms with Crippen LogP contribution in [0.1, 0.15) is 24.4 Å². The molecule has 108 valence electrons. The molecule has 0 saturated carbocycles. The van der Waals surface area contributed by atoms with Crippen molar-refractivity contribution >= 4 is 27.3 Å². The van der Waals surface area contributed by atoms with Gasteiger partial charge in [-0.3, -0.25) is 0 Å². The van der Waals surface area contributed by atoms with Crippen LogP contribution in [0.25, 0.3) is 10.6 Å². The molecule has 2 rings (SSSR count). The van der Waals surface area contributed by atoms with E-state index in [0.717, 1.165) is 34.0 Å². The van der Waals surface area contributed by atoms with Crippen molar-refractivity contribution in [3.8, 4) is 10.6 Å². The van der Waals surface area contributed by atoms with E-state index in [1.807, 2.05) is 6.07 Å². The Balaban J connectivity index is 1.98. The number of nitrogens with zero attached hydrogens (tertiary/aromatic N) is 2. The summed E-state index contributed by atoms with van der Waals surface area (Å²) in [6.45, 7) is 8.55. The maximum absolute atomic E-state index is 4.32. The Labute approximate surface area is 133 Å². The number of hydrogen-bond donors (Lipinski definition) is 1. The van der Waals surface area contributed by atoms with Crippen molar-refractivity contribution in [3.05, 3.63) is 33.2 Å². The first kappa shape index (κ1) is 15.6. The number of rotatable bonds is 6. The molecule has 0 aliphatic rings. The first-order chi connectivity index (χ1) is 9.56. The lowest BCUT2D eigenvalue weighted by molar-refractivity contribution is 0.553. The van der Waals surface area contributed by atoms with Crippen LogP contribution in [-0.2, 0) is 6.42 Å². The molecule has 0 aliphatic carbocycles. The van der Waals surface area contributed by atoms with Crippen LogP contribution >= 0.6 is 27.3 Å². The average molecular weight is 354 g/mol. The molecule has 1 aromatic carbocycles. The number of aromatic nitrogens is 2. The molecule has 1 aromatic heterocycles. The van der Waals surface area contributed by atoms with Crippen LogP contribution in [0, 0.1) is 12.8 Å². The molecule has 0 unspecified atom stereocenters. The molecule has 0 radical (unpaired) electrons. The fourth-order valence-electron chi connectivity index (χ4n) is 1.92. The van der Waals surface area contributed by atoms with E-state index in [4.69, 9.17) is 0 Å². The third kappa shape index (κ3) is 4.36. The van der Waals surface area contributed by atoms with E-state index in [9.17, 15) is 0 Å². The smallest absolute Gasteiger partial charge is 0.148 e. The van der Waals surface area contributed by atoms with Crippen LogP contribution in [0.5, 0.6) is 0 Å². The second-order valence-corrected chi connectivity index (χ2v) is 7.29. The van der Waals surface area contributed by atoms with Crippen molar-refractivity contribution in [2.45, 2.75) is 27.2 Å². The van der Waals surface area contributed by atoms with E-state index in [-0.39, 0.29) is 0 Å². The number of hydrogen-bond acceptors (Lipinski definition) is 4. The lowest BCUT2D eigenvalue weighted by Gasteiger charge is -2.05. The molecule has 2 aromatic rings. The SMILES string of the molecule is Cc1cc(Br)ccc1-c1nnc(CCNCC(C)C)s1. The minimum Gasteiger partial charge on any atom is -0.316 e. The molecule has 3 nitrogen and oxygen atoms in total. The van der Waals surface area contributed by atoms with Gasteiger partial charge < -0.3 is 5.32 Å². The van der Waals surface area contributed by atoms with Gasteiger partial charge in [-0.15, -0.1) is 10.2 Å². The summed E-state index contributed by atoms with van der Waals surface area (Å²) in [6, 6.07) is 6.26. The predicted molar refractivity (Wildman–Crippen MR) is 89.2 cm³/mol. The van der Waals surface area contributed by atoms with Gasteiger partial charge in [-0.1, -0.05) is 47.2 Å². The van der Waals surface area contributed by atoms with Gasteiger partial charge in [0, 0.05) is 23.0 Å². The highest BCUT2D eigenvalue weighted by Crippen LogP contribution is 2.28. The first-order valence-corrected chi connectivity index (χ1v) is 8.47. The molecule has 0 atom stereocenters. The van der Waals surface area contributed by atoms with Gasteiger partial charge in [0.2, 0.25) is 0 Å². The van der Waals surface area contributed by atoms with Crippen LogP contribution < -0.4 is 5.32 Å². The van der Waals surface area contributed by atoms with E-state index in [2.05, 4.69) is 64.3 Å². The predicted octanol–water partition coefficient (Wildman–Crippen LogP) is 4.06. The topological polar surface area (TPSA) is 37.8 Å².